The number of rotatable bonds is 7. The molecule has 0 radical (unpaired) electrons. The van der Waals surface area contributed by atoms with Gasteiger partial charge in [0, 0.05) is 13.1 Å². The zero-order chi connectivity index (χ0) is 15.9. The van der Waals surface area contributed by atoms with Crippen molar-refractivity contribution in [3.05, 3.63) is 59.4 Å². The molecule has 22 heavy (non-hydrogen) atoms. The molecule has 0 aliphatic carbocycles. The Labute approximate surface area is 129 Å². The smallest absolute Gasteiger partial charge is 0.165 e. The van der Waals surface area contributed by atoms with Crippen LogP contribution in [-0.2, 0) is 6.54 Å². The van der Waals surface area contributed by atoms with E-state index in [1.165, 1.54) is 13.2 Å². The van der Waals surface area contributed by atoms with Crippen LogP contribution in [0.5, 0.6) is 11.5 Å². The second-order valence-corrected chi connectivity index (χ2v) is 4.89. The van der Waals surface area contributed by atoms with E-state index in [1.54, 1.807) is 25.3 Å². The molecule has 0 saturated carbocycles. The summed E-state index contributed by atoms with van der Waals surface area (Å²) in [5.41, 5.74) is 1.56. The van der Waals surface area contributed by atoms with E-state index in [-0.39, 0.29) is 5.75 Å². The van der Waals surface area contributed by atoms with E-state index >= 15 is 0 Å². The molecule has 2 aromatic carbocycles. The number of hydrogen-bond donors (Lipinski definition) is 2. The standard InChI is InChI=1S/C17H20FNO3/c1-21-14-5-3-4-13(9-14)16(20)11-19-10-12-6-7-17(22-2)15(18)8-12/h3-9,16,19-20H,10-11H2,1-2H3. The summed E-state index contributed by atoms with van der Waals surface area (Å²) in [4.78, 5) is 0. The van der Waals surface area contributed by atoms with Crippen LogP contribution in [0, 0.1) is 5.82 Å². The second-order valence-electron chi connectivity index (χ2n) is 4.89. The van der Waals surface area contributed by atoms with Crippen molar-refractivity contribution in [1.29, 1.82) is 0 Å². The largest absolute Gasteiger partial charge is 0.497 e. The van der Waals surface area contributed by atoms with Crippen molar-refractivity contribution in [2.24, 2.45) is 0 Å². The Hall–Kier alpha value is -2.11. The molecule has 2 N–H and O–H groups in total. The Morgan fingerprint density at radius 2 is 1.95 bits per heavy atom. The van der Waals surface area contributed by atoms with E-state index in [1.807, 2.05) is 18.2 Å². The minimum absolute atomic E-state index is 0.222. The lowest BCUT2D eigenvalue weighted by molar-refractivity contribution is 0.174. The summed E-state index contributed by atoms with van der Waals surface area (Å²) >= 11 is 0. The third kappa shape index (κ3) is 4.19. The molecule has 4 nitrogen and oxygen atoms in total. The first kappa shape index (κ1) is 16.3. The highest BCUT2D eigenvalue weighted by molar-refractivity contribution is 5.30. The Balaban J connectivity index is 1.88. The topological polar surface area (TPSA) is 50.7 Å². The Morgan fingerprint density at radius 1 is 1.14 bits per heavy atom. The number of halogens is 1. The lowest BCUT2D eigenvalue weighted by atomic mass is 10.1. The number of hydrogen-bond acceptors (Lipinski definition) is 4. The van der Waals surface area contributed by atoms with Crippen LogP contribution in [0.15, 0.2) is 42.5 Å². The molecular weight excluding hydrogens is 285 g/mol. The normalized spacial score (nSPS) is 12.0. The minimum Gasteiger partial charge on any atom is -0.497 e. The first-order chi connectivity index (χ1) is 10.6. The molecule has 2 rings (SSSR count). The molecule has 1 atom stereocenters. The monoisotopic (exact) mass is 305 g/mol. The van der Waals surface area contributed by atoms with E-state index in [0.717, 1.165) is 11.1 Å². The highest BCUT2D eigenvalue weighted by Crippen LogP contribution is 2.19. The molecule has 0 fully saturated rings. The van der Waals surface area contributed by atoms with E-state index in [2.05, 4.69) is 5.32 Å². The van der Waals surface area contributed by atoms with Gasteiger partial charge in [-0.3, -0.25) is 0 Å². The molecule has 5 heteroatoms. The fourth-order valence-electron chi connectivity index (χ4n) is 2.14. The number of aliphatic hydroxyl groups excluding tert-OH is 1. The van der Waals surface area contributed by atoms with Gasteiger partial charge < -0.3 is 19.9 Å². The van der Waals surface area contributed by atoms with Gasteiger partial charge in [0.15, 0.2) is 11.6 Å². The molecule has 0 spiro atoms. The maximum atomic E-state index is 13.6. The van der Waals surface area contributed by atoms with Crippen molar-refractivity contribution < 1.29 is 19.0 Å². The summed E-state index contributed by atoms with van der Waals surface area (Å²) in [6.45, 7) is 0.822. The highest BCUT2D eigenvalue weighted by atomic mass is 19.1. The van der Waals surface area contributed by atoms with Gasteiger partial charge >= 0.3 is 0 Å². The van der Waals surface area contributed by atoms with Crippen LogP contribution in [0.2, 0.25) is 0 Å². The molecule has 0 aromatic heterocycles. The quantitative estimate of drug-likeness (QED) is 0.826. The lowest BCUT2D eigenvalue weighted by Gasteiger charge is -2.13. The van der Waals surface area contributed by atoms with Crippen molar-refractivity contribution >= 4 is 0 Å². The second kappa shape index (κ2) is 7.77. The van der Waals surface area contributed by atoms with Crippen molar-refractivity contribution in [1.82, 2.24) is 5.32 Å². The van der Waals surface area contributed by atoms with Gasteiger partial charge in [0.2, 0.25) is 0 Å². The molecule has 0 bridgehead atoms. The fourth-order valence-corrected chi connectivity index (χ4v) is 2.14. The van der Waals surface area contributed by atoms with Gasteiger partial charge in [-0.05, 0) is 35.4 Å². The molecule has 1 unspecified atom stereocenters. The van der Waals surface area contributed by atoms with Crippen molar-refractivity contribution in [3.8, 4) is 11.5 Å². The third-order valence-corrected chi connectivity index (χ3v) is 3.36. The van der Waals surface area contributed by atoms with Gasteiger partial charge in [-0.15, -0.1) is 0 Å². The van der Waals surface area contributed by atoms with E-state index in [0.29, 0.717) is 18.8 Å². The lowest BCUT2D eigenvalue weighted by Crippen LogP contribution is -2.21. The van der Waals surface area contributed by atoms with Gasteiger partial charge in [-0.25, -0.2) is 4.39 Å². The van der Waals surface area contributed by atoms with Gasteiger partial charge in [0.05, 0.1) is 20.3 Å². The number of benzene rings is 2. The van der Waals surface area contributed by atoms with Crippen molar-refractivity contribution in [2.45, 2.75) is 12.6 Å². The predicted octanol–water partition coefficient (Wildman–Crippen LogP) is 2.67. The zero-order valence-corrected chi connectivity index (χ0v) is 12.7. The first-order valence-corrected chi connectivity index (χ1v) is 6.99. The summed E-state index contributed by atoms with van der Waals surface area (Å²) in [7, 11) is 3.02. The Kier molecular flexibility index (Phi) is 5.75. The molecule has 0 heterocycles. The third-order valence-electron chi connectivity index (χ3n) is 3.36. The van der Waals surface area contributed by atoms with Crippen molar-refractivity contribution in [3.63, 3.8) is 0 Å². The molecule has 0 aliphatic rings. The molecule has 0 amide bonds. The number of nitrogens with one attached hydrogen (secondary N) is 1. The molecule has 0 saturated heterocycles. The van der Waals surface area contributed by atoms with E-state index < -0.39 is 11.9 Å². The van der Waals surface area contributed by atoms with E-state index in [9.17, 15) is 9.50 Å². The van der Waals surface area contributed by atoms with Crippen molar-refractivity contribution in [2.75, 3.05) is 20.8 Å². The van der Waals surface area contributed by atoms with Crippen LogP contribution < -0.4 is 14.8 Å². The number of ether oxygens (including phenoxy) is 2. The molecule has 0 aliphatic heterocycles. The fraction of sp³-hybridized carbons (Fsp3) is 0.294. The first-order valence-electron chi connectivity index (χ1n) is 6.99. The predicted molar refractivity (Wildman–Crippen MR) is 82.6 cm³/mol. The minimum atomic E-state index is -0.654. The van der Waals surface area contributed by atoms with Crippen LogP contribution in [0.1, 0.15) is 17.2 Å². The number of methoxy groups -OCH3 is 2. The van der Waals surface area contributed by atoms with Gasteiger partial charge in [0.25, 0.3) is 0 Å². The van der Waals surface area contributed by atoms with Crippen LogP contribution in [0.4, 0.5) is 4.39 Å². The summed E-state index contributed by atoms with van der Waals surface area (Å²) < 4.78 is 23.6. The number of aliphatic hydroxyl groups is 1. The summed E-state index contributed by atoms with van der Waals surface area (Å²) in [6, 6.07) is 12.1. The Morgan fingerprint density at radius 3 is 2.64 bits per heavy atom. The Bertz CT molecular complexity index is 619. The van der Waals surface area contributed by atoms with Gasteiger partial charge in [0.1, 0.15) is 5.75 Å². The maximum absolute atomic E-state index is 13.6. The molecule has 118 valence electrons. The van der Waals surface area contributed by atoms with Gasteiger partial charge in [-0.2, -0.15) is 0 Å². The highest BCUT2D eigenvalue weighted by Gasteiger charge is 2.09. The maximum Gasteiger partial charge on any atom is 0.165 e. The van der Waals surface area contributed by atoms with Crippen LogP contribution in [0.3, 0.4) is 0 Å². The summed E-state index contributed by atoms with van der Waals surface area (Å²) in [5.74, 6) is 0.532. The SMILES string of the molecule is COc1cccc(C(O)CNCc2ccc(OC)c(F)c2)c1. The van der Waals surface area contributed by atoms with Gasteiger partial charge in [-0.1, -0.05) is 18.2 Å². The summed E-state index contributed by atoms with van der Waals surface area (Å²) in [5, 5.41) is 13.2. The van der Waals surface area contributed by atoms with Crippen LogP contribution in [-0.4, -0.2) is 25.9 Å². The van der Waals surface area contributed by atoms with Crippen LogP contribution >= 0.6 is 0 Å². The molecular formula is C17H20FNO3. The van der Waals surface area contributed by atoms with E-state index in [4.69, 9.17) is 9.47 Å². The summed E-state index contributed by atoms with van der Waals surface area (Å²) in [6.07, 6.45) is -0.654. The molecule has 2 aromatic rings. The zero-order valence-electron chi connectivity index (χ0n) is 12.7. The average Bonchev–Trinajstić information content (AvgIpc) is 2.55. The van der Waals surface area contributed by atoms with Crippen LogP contribution in [0.25, 0.3) is 0 Å². The average molecular weight is 305 g/mol.